The quantitative estimate of drug-likeness (QED) is 0.709. The van der Waals surface area contributed by atoms with E-state index in [0.29, 0.717) is 0 Å². The maximum atomic E-state index is 12.8. The Morgan fingerprint density at radius 2 is 1.87 bits per heavy atom. The Bertz CT molecular complexity index is 427. The summed E-state index contributed by atoms with van der Waals surface area (Å²) >= 11 is 0. The molecule has 0 aliphatic carbocycles. The average molecular weight is 215 g/mol. The summed E-state index contributed by atoms with van der Waals surface area (Å²) in [4.78, 5) is 0. The van der Waals surface area contributed by atoms with E-state index in [1.165, 1.54) is 18.2 Å². The lowest BCUT2D eigenvalue weighted by molar-refractivity contribution is -0.248. The zero-order chi connectivity index (χ0) is 11.3. The molecular formula is C10H8F3NO. The summed E-state index contributed by atoms with van der Waals surface area (Å²) in [5, 5.41) is 7.34. The maximum Gasteiger partial charge on any atom is 0.432 e. The van der Waals surface area contributed by atoms with Crippen LogP contribution in [0, 0.1) is 5.41 Å². The van der Waals surface area contributed by atoms with Gasteiger partial charge in [-0.25, -0.2) is 0 Å². The second kappa shape index (κ2) is 2.74. The fourth-order valence-corrected chi connectivity index (χ4v) is 1.62. The molecule has 1 N–H and O–H groups in total. The van der Waals surface area contributed by atoms with Gasteiger partial charge in [0.2, 0.25) is 11.5 Å². The van der Waals surface area contributed by atoms with Crippen molar-refractivity contribution in [1.82, 2.24) is 0 Å². The van der Waals surface area contributed by atoms with E-state index in [9.17, 15) is 13.2 Å². The Hall–Kier alpha value is -1.52. The normalized spacial score (nSPS) is 24.9. The molecule has 5 heteroatoms. The zero-order valence-electron chi connectivity index (χ0n) is 7.85. The fourth-order valence-electron chi connectivity index (χ4n) is 1.62. The van der Waals surface area contributed by atoms with Gasteiger partial charge >= 0.3 is 6.18 Å². The number of benzene rings is 1. The lowest BCUT2D eigenvalue weighted by Gasteiger charge is -2.27. The number of hydrogen-bond acceptors (Lipinski definition) is 2. The molecule has 1 aliphatic heterocycles. The minimum atomic E-state index is -4.52. The van der Waals surface area contributed by atoms with E-state index in [2.05, 4.69) is 4.74 Å². The van der Waals surface area contributed by atoms with Gasteiger partial charge in [0.1, 0.15) is 0 Å². The Morgan fingerprint density at radius 1 is 1.27 bits per heavy atom. The molecule has 0 saturated heterocycles. The number of fused-ring (bicyclic) bond motifs is 1. The van der Waals surface area contributed by atoms with Gasteiger partial charge in [-0.05, 0) is 13.0 Å². The topological polar surface area (TPSA) is 33.1 Å². The molecule has 0 saturated carbocycles. The van der Waals surface area contributed by atoms with E-state index in [1.54, 1.807) is 6.07 Å². The standard InChI is InChI=1S/C10H8F3NO/c1-9(10(11,12)13)7-5-3-2-4-6(7)8(14)15-9/h2-5,14H,1H3. The Labute approximate surface area is 84.2 Å². The Kier molecular flexibility index (Phi) is 1.83. The van der Waals surface area contributed by atoms with Crippen LogP contribution in [0.15, 0.2) is 24.3 Å². The number of ether oxygens (including phenoxy) is 1. The van der Waals surface area contributed by atoms with Crippen molar-refractivity contribution in [3.8, 4) is 0 Å². The van der Waals surface area contributed by atoms with Crippen molar-refractivity contribution in [2.75, 3.05) is 0 Å². The Morgan fingerprint density at radius 3 is 2.47 bits per heavy atom. The minimum Gasteiger partial charge on any atom is -0.457 e. The molecule has 0 bridgehead atoms. The third-order valence-electron chi connectivity index (χ3n) is 2.53. The largest absolute Gasteiger partial charge is 0.457 e. The van der Waals surface area contributed by atoms with Gasteiger partial charge in [-0.1, -0.05) is 18.2 Å². The first-order chi connectivity index (χ1) is 6.86. The molecule has 0 spiro atoms. The van der Waals surface area contributed by atoms with Crippen molar-refractivity contribution in [2.45, 2.75) is 18.7 Å². The average Bonchev–Trinajstić information content (AvgIpc) is 2.41. The second-order valence-electron chi connectivity index (χ2n) is 3.51. The van der Waals surface area contributed by atoms with Crippen molar-refractivity contribution in [2.24, 2.45) is 0 Å². The maximum absolute atomic E-state index is 12.8. The number of alkyl halides is 3. The predicted molar refractivity (Wildman–Crippen MR) is 47.8 cm³/mol. The summed E-state index contributed by atoms with van der Waals surface area (Å²) in [5.41, 5.74) is -2.18. The molecule has 1 heterocycles. The monoisotopic (exact) mass is 215 g/mol. The highest BCUT2D eigenvalue weighted by atomic mass is 19.4. The molecule has 80 valence electrons. The summed E-state index contributed by atoms with van der Waals surface area (Å²) in [7, 11) is 0. The van der Waals surface area contributed by atoms with Crippen LogP contribution in [0.4, 0.5) is 13.2 Å². The molecule has 1 aliphatic rings. The van der Waals surface area contributed by atoms with Gasteiger partial charge < -0.3 is 4.74 Å². The first kappa shape index (κ1) is 10.0. The van der Waals surface area contributed by atoms with E-state index < -0.39 is 17.7 Å². The van der Waals surface area contributed by atoms with Crippen LogP contribution in [0.25, 0.3) is 0 Å². The molecule has 1 aromatic carbocycles. The molecule has 15 heavy (non-hydrogen) atoms. The number of halogens is 3. The third-order valence-corrected chi connectivity index (χ3v) is 2.53. The van der Waals surface area contributed by atoms with E-state index >= 15 is 0 Å². The summed E-state index contributed by atoms with van der Waals surface area (Å²) in [6.45, 7) is 0.938. The molecular weight excluding hydrogens is 207 g/mol. The molecule has 0 fully saturated rings. The molecule has 0 amide bonds. The van der Waals surface area contributed by atoms with Crippen molar-refractivity contribution in [3.05, 3.63) is 35.4 Å². The molecule has 0 aromatic heterocycles. The third kappa shape index (κ3) is 1.22. The molecule has 1 aromatic rings. The smallest absolute Gasteiger partial charge is 0.432 e. The van der Waals surface area contributed by atoms with Crippen LogP contribution < -0.4 is 0 Å². The highest BCUT2D eigenvalue weighted by Gasteiger charge is 2.59. The highest BCUT2D eigenvalue weighted by Crippen LogP contribution is 2.47. The number of rotatable bonds is 0. The lowest BCUT2D eigenvalue weighted by Crippen LogP contribution is -2.39. The van der Waals surface area contributed by atoms with Gasteiger partial charge in [0.25, 0.3) is 0 Å². The van der Waals surface area contributed by atoms with Crippen LogP contribution in [0.3, 0.4) is 0 Å². The highest BCUT2D eigenvalue weighted by molar-refractivity contribution is 5.96. The molecule has 2 nitrogen and oxygen atoms in total. The first-order valence-electron chi connectivity index (χ1n) is 4.30. The summed E-state index contributed by atoms with van der Waals surface area (Å²) in [5.74, 6) is -0.426. The number of hydrogen-bond donors (Lipinski definition) is 1. The van der Waals surface area contributed by atoms with Gasteiger partial charge in [0.05, 0.1) is 0 Å². The first-order valence-corrected chi connectivity index (χ1v) is 4.30. The van der Waals surface area contributed by atoms with E-state index in [4.69, 9.17) is 5.41 Å². The van der Waals surface area contributed by atoms with Gasteiger partial charge in [-0.15, -0.1) is 0 Å². The van der Waals surface area contributed by atoms with Crippen LogP contribution in [0.5, 0.6) is 0 Å². The molecule has 1 unspecified atom stereocenters. The van der Waals surface area contributed by atoms with Crippen molar-refractivity contribution < 1.29 is 17.9 Å². The van der Waals surface area contributed by atoms with Crippen molar-refractivity contribution >= 4 is 5.90 Å². The van der Waals surface area contributed by atoms with Crippen LogP contribution >= 0.6 is 0 Å². The summed E-state index contributed by atoms with van der Waals surface area (Å²) in [6, 6.07) is 5.88. The van der Waals surface area contributed by atoms with Gasteiger partial charge in [0.15, 0.2) is 0 Å². The second-order valence-corrected chi connectivity index (χ2v) is 3.51. The number of nitrogens with one attached hydrogen (secondary N) is 1. The van der Waals surface area contributed by atoms with Crippen molar-refractivity contribution in [1.29, 1.82) is 5.41 Å². The predicted octanol–water partition coefficient (Wildman–Crippen LogP) is 2.82. The van der Waals surface area contributed by atoms with Gasteiger partial charge in [0, 0.05) is 11.1 Å². The van der Waals surface area contributed by atoms with Crippen molar-refractivity contribution in [3.63, 3.8) is 0 Å². The molecule has 0 radical (unpaired) electrons. The molecule has 1 atom stereocenters. The lowest BCUT2D eigenvalue weighted by atomic mass is 9.94. The van der Waals surface area contributed by atoms with Gasteiger partial charge in [-0.2, -0.15) is 13.2 Å². The van der Waals surface area contributed by atoms with E-state index in [1.807, 2.05) is 0 Å². The molecule has 2 rings (SSSR count). The van der Waals surface area contributed by atoms with E-state index in [-0.39, 0.29) is 11.1 Å². The van der Waals surface area contributed by atoms with Crippen LogP contribution in [0.2, 0.25) is 0 Å². The fraction of sp³-hybridized carbons (Fsp3) is 0.300. The summed E-state index contributed by atoms with van der Waals surface area (Å²) < 4.78 is 43.0. The van der Waals surface area contributed by atoms with E-state index in [0.717, 1.165) is 6.92 Å². The minimum absolute atomic E-state index is 0.00231. The zero-order valence-corrected chi connectivity index (χ0v) is 7.85. The Balaban J connectivity index is 2.63. The van der Waals surface area contributed by atoms with Gasteiger partial charge in [-0.3, -0.25) is 5.41 Å². The SMILES string of the molecule is CC1(C(F)(F)F)OC(=N)c2ccccc21. The summed E-state index contributed by atoms with van der Waals surface area (Å²) in [6.07, 6.45) is -4.52. The van der Waals surface area contributed by atoms with Crippen LogP contribution in [0.1, 0.15) is 18.1 Å². The van der Waals surface area contributed by atoms with Crippen LogP contribution in [-0.2, 0) is 10.3 Å². The van der Waals surface area contributed by atoms with Crippen LogP contribution in [-0.4, -0.2) is 12.1 Å².